The molecular formula is C28H22N4O4S2. The van der Waals surface area contributed by atoms with E-state index in [9.17, 15) is 9.59 Å². The van der Waals surface area contributed by atoms with Crippen molar-refractivity contribution in [1.82, 2.24) is 14.3 Å². The molecule has 1 saturated heterocycles. The van der Waals surface area contributed by atoms with Gasteiger partial charge in [0.25, 0.3) is 11.5 Å². The molecule has 190 valence electrons. The van der Waals surface area contributed by atoms with Gasteiger partial charge in [0.1, 0.15) is 15.8 Å². The van der Waals surface area contributed by atoms with Crippen molar-refractivity contribution in [3.63, 3.8) is 0 Å². The van der Waals surface area contributed by atoms with Gasteiger partial charge in [0.05, 0.1) is 17.0 Å². The highest BCUT2D eigenvalue weighted by molar-refractivity contribution is 8.26. The second kappa shape index (κ2) is 9.96. The second-order valence-corrected chi connectivity index (χ2v) is 10.5. The second-order valence-electron chi connectivity index (χ2n) is 8.86. The topological polar surface area (TPSA) is 85.2 Å². The molecule has 0 unspecified atom stereocenters. The van der Waals surface area contributed by atoms with Crippen LogP contribution >= 0.6 is 24.0 Å². The SMILES string of the molecule is Cc1cccn2c(=O)c(C=C3SC(=S)N(Cc4ccccc4)C3=O)c(NCc3ccc4c(c3)OCO4)nc12. The third kappa shape index (κ3) is 4.52. The lowest BCUT2D eigenvalue weighted by Gasteiger charge is -2.14. The van der Waals surface area contributed by atoms with E-state index in [4.69, 9.17) is 26.7 Å². The van der Waals surface area contributed by atoms with E-state index in [1.165, 1.54) is 16.2 Å². The molecule has 2 aliphatic rings. The Labute approximate surface area is 227 Å². The number of aryl methyl sites for hydroxylation is 1. The van der Waals surface area contributed by atoms with Crippen molar-refractivity contribution in [1.29, 1.82) is 0 Å². The molecular weight excluding hydrogens is 520 g/mol. The van der Waals surface area contributed by atoms with E-state index >= 15 is 0 Å². The van der Waals surface area contributed by atoms with Crippen LogP contribution in [0.2, 0.25) is 0 Å². The van der Waals surface area contributed by atoms with Gasteiger partial charge in [0.2, 0.25) is 6.79 Å². The third-order valence-corrected chi connectivity index (χ3v) is 7.69. The number of thioether (sulfide) groups is 1. The molecule has 6 rings (SSSR count). The van der Waals surface area contributed by atoms with E-state index < -0.39 is 0 Å². The van der Waals surface area contributed by atoms with Crippen LogP contribution in [0, 0.1) is 6.92 Å². The van der Waals surface area contributed by atoms with Crippen LogP contribution in [0.5, 0.6) is 11.5 Å². The Morgan fingerprint density at radius 1 is 1.05 bits per heavy atom. The van der Waals surface area contributed by atoms with E-state index in [0.29, 0.717) is 45.3 Å². The Balaban J connectivity index is 1.36. The van der Waals surface area contributed by atoms with Crippen molar-refractivity contribution in [2.24, 2.45) is 0 Å². The molecule has 4 aromatic rings. The number of pyridine rings is 1. The molecule has 0 radical (unpaired) electrons. The summed E-state index contributed by atoms with van der Waals surface area (Å²) < 4.78 is 12.8. The average Bonchev–Trinajstić information content (AvgIpc) is 3.50. The number of fused-ring (bicyclic) bond motifs is 2. The molecule has 38 heavy (non-hydrogen) atoms. The van der Waals surface area contributed by atoms with Gasteiger partial charge in [-0.3, -0.25) is 18.9 Å². The van der Waals surface area contributed by atoms with Gasteiger partial charge in [0, 0.05) is 12.7 Å². The number of amides is 1. The maximum absolute atomic E-state index is 13.6. The number of nitrogens with zero attached hydrogens (tertiary/aromatic N) is 3. The first-order valence-corrected chi connectivity index (χ1v) is 13.1. The van der Waals surface area contributed by atoms with Gasteiger partial charge in [0.15, 0.2) is 11.5 Å². The molecule has 1 N–H and O–H groups in total. The minimum atomic E-state index is -0.278. The normalized spacial score (nSPS) is 15.6. The zero-order valence-electron chi connectivity index (χ0n) is 20.3. The summed E-state index contributed by atoms with van der Waals surface area (Å²) in [5, 5.41) is 3.30. The van der Waals surface area contributed by atoms with Crippen molar-refractivity contribution in [3.8, 4) is 11.5 Å². The lowest BCUT2D eigenvalue weighted by atomic mass is 10.2. The molecule has 4 heterocycles. The van der Waals surface area contributed by atoms with Crippen LogP contribution in [0.25, 0.3) is 11.7 Å². The lowest BCUT2D eigenvalue weighted by Crippen LogP contribution is -2.27. The standard InChI is InChI=1S/C28H22N4O4S2/c1-17-6-5-11-31-25(17)30-24(29-14-19-9-10-21-22(12-19)36-16-35-21)20(26(31)33)13-23-27(34)32(28(37)38-23)15-18-7-3-2-4-8-18/h2-13,29H,14-16H2,1H3. The van der Waals surface area contributed by atoms with Gasteiger partial charge >= 0.3 is 0 Å². The zero-order chi connectivity index (χ0) is 26.2. The highest BCUT2D eigenvalue weighted by Gasteiger charge is 2.32. The van der Waals surface area contributed by atoms with E-state index in [2.05, 4.69) is 5.32 Å². The Morgan fingerprint density at radius 2 is 1.87 bits per heavy atom. The van der Waals surface area contributed by atoms with Gasteiger partial charge in [-0.25, -0.2) is 4.98 Å². The largest absolute Gasteiger partial charge is 0.454 e. The number of ether oxygens (including phenoxy) is 2. The Bertz CT molecular complexity index is 1680. The van der Waals surface area contributed by atoms with Gasteiger partial charge in [-0.05, 0) is 47.9 Å². The van der Waals surface area contributed by atoms with Crippen LogP contribution in [-0.4, -0.2) is 31.3 Å². The summed E-state index contributed by atoms with van der Waals surface area (Å²) in [5.74, 6) is 1.52. The van der Waals surface area contributed by atoms with Gasteiger partial charge in [-0.2, -0.15) is 0 Å². The monoisotopic (exact) mass is 542 g/mol. The Morgan fingerprint density at radius 3 is 2.71 bits per heavy atom. The van der Waals surface area contributed by atoms with Crippen molar-refractivity contribution >= 4 is 51.7 Å². The molecule has 2 aromatic heterocycles. The number of carbonyl (C=O) groups is 1. The first kappa shape index (κ1) is 24.2. The minimum Gasteiger partial charge on any atom is -0.454 e. The van der Waals surface area contributed by atoms with Gasteiger partial charge < -0.3 is 14.8 Å². The van der Waals surface area contributed by atoms with E-state index in [1.54, 1.807) is 23.2 Å². The number of rotatable bonds is 6. The van der Waals surface area contributed by atoms with Crippen molar-refractivity contribution in [3.05, 3.63) is 104 Å². The summed E-state index contributed by atoms with van der Waals surface area (Å²) in [6, 6.07) is 19.0. The van der Waals surface area contributed by atoms with Crippen LogP contribution in [-0.2, 0) is 17.9 Å². The Kier molecular flexibility index (Phi) is 6.34. The van der Waals surface area contributed by atoms with E-state index in [0.717, 1.165) is 16.7 Å². The molecule has 8 nitrogen and oxygen atoms in total. The first-order valence-electron chi connectivity index (χ1n) is 11.9. The summed E-state index contributed by atoms with van der Waals surface area (Å²) >= 11 is 6.70. The lowest BCUT2D eigenvalue weighted by molar-refractivity contribution is -0.122. The molecule has 1 amide bonds. The van der Waals surface area contributed by atoms with Crippen LogP contribution in [0.3, 0.4) is 0 Å². The number of nitrogens with one attached hydrogen (secondary N) is 1. The average molecular weight is 543 g/mol. The van der Waals surface area contributed by atoms with Crippen LogP contribution < -0.4 is 20.3 Å². The molecule has 2 aromatic carbocycles. The fourth-order valence-corrected chi connectivity index (χ4v) is 5.58. The molecule has 10 heteroatoms. The molecule has 0 aliphatic carbocycles. The summed E-state index contributed by atoms with van der Waals surface area (Å²) in [6.45, 7) is 2.85. The van der Waals surface area contributed by atoms with Crippen LogP contribution in [0.1, 0.15) is 22.3 Å². The first-order chi connectivity index (χ1) is 18.5. The predicted octanol–water partition coefficient (Wildman–Crippen LogP) is 4.75. The minimum absolute atomic E-state index is 0.195. The number of thiocarbonyl (C=S) groups is 1. The van der Waals surface area contributed by atoms with E-state index in [1.807, 2.05) is 61.5 Å². The quantitative estimate of drug-likeness (QED) is 0.276. The van der Waals surface area contributed by atoms with Crippen molar-refractivity contribution in [2.45, 2.75) is 20.0 Å². The summed E-state index contributed by atoms with van der Waals surface area (Å²) in [4.78, 5) is 33.7. The number of hydrogen-bond donors (Lipinski definition) is 1. The maximum Gasteiger partial charge on any atom is 0.267 e. The van der Waals surface area contributed by atoms with Crippen molar-refractivity contribution in [2.75, 3.05) is 12.1 Å². The predicted molar refractivity (Wildman–Crippen MR) is 151 cm³/mol. The molecule has 0 bridgehead atoms. The fourth-order valence-electron chi connectivity index (χ4n) is 4.35. The third-order valence-electron chi connectivity index (χ3n) is 6.31. The van der Waals surface area contributed by atoms with E-state index in [-0.39, 0.29) is 23.8 Å². The Hall–Kier alpha value is -4.15. The maximum atomic E-state index is 13.6. The molecule has 0 atom stereocenters. The fraction of sp³-hybridized carbons (Fsp3) is 0.143. The van der Waals surface area contributed by atoms with Gasteiger partial charge in [-0.15, -0.1) is 0 Å². The van der Waals surface area contributed by atoms with Crippen LogP contribution in [0.15, 0.2) is 76.6 Å². The van der Waals surface area contributed by atoms with Crippen molar-refractivity contribution < 1.29 is 14.3 Å². The molecule has 2 aliphatic heterocycles. The number of carbonyl (C=O) groups excluding carboxylic acids is 1. The number of anilines is 1. The molecule has 0 spiro atoms. The number of benzene rings is 2. The highest BCUT2D eigenvalue weighted by atomic mass is 32.2. The highest BCUT2D eigenvalue weighted by Crippen LogP contribution is 2.35. The smallest absolute Gasteiger partial charge is 0.267 e. The van der Waals surface area contributed by atoms with Crippen LogP contribution in [0.4, 0.5) is 5.82 Å². The molecule has 1 fully saturated rings. The summed E-state index contributed by atoms with van der Waals surface area (Å²) in [5.41, 5.74) is 3.31. The summed E-state index contributed by atoms with van der Waals surface area (Å²) in [6.07, 6.45) is 3.27. The number of hydrogen-bond acceptors (Lipinski definition) is 8. The zero-order valence-corrected chi connectivity index (χ0v) is 22.0. The number of aromatic nitrogens is 2. The van der Waals surface area contributed by atoms with Gasteiger partial charge in [-0.1, -0.05) is 66.4 Å². The summed E-state index contributed by atoms with van der Waals surface area (Å²) in [7, 11) is 0. The molecule has 0 saturated carbocycles.